The third kappa shape index (κ3) is 15.1. The van der Waals surface area contributed by atoms with Gasteiger partial charge in [0, 0.05) is 120 Å². The van der Waals surface area contributed by atoms with Crippen molar-refractivity contribution in [3.8, 4) is 11.3 Å². The molecule has 81 heavy (non-hydrogen) atoms. The smallest absolute Gasteiger partial charge is 0.266 e. The van der Waals surface area contributed by atoms with E-state index in [1.165, 1.54) is 11.8 Å². The second-order valence-electron chi connectivity index (χ2n) is 20.4. The minimum Gasteiger partial charge on any atom is -0.377 e. The minimum absolute atomic E-state index is 0.00384. The second-order valence-corrected chi connectivity index (χ2v) is 23.3. The van der Waals surface area contributed by atoms with Crippen LogP contribution in [0.5, 0.6) is 0 Å². The average Bonchev–Trinajstić information content (AvgIpc) is 4.33. The number of aromatic nitrogens is 3. The number of carbonyl (C=O) groups is 4. The fraction of sp³-hybridized carbons (Fsp3) is 0.397. The number of nitrogens with one attached hydrogen (secondary N) is 4. The zero-order valence-electron chi connectivity index (χ0n) is 45.3. The molecule has 2 atom stereocenters. The van der Waals surface area contributed by atoms with Crippen molar-refractivity contribution in [2.45, 2.75) is 49.0 Å². The molecular weight excluding hydrogens is 1100 g/mol. The van der Waals surface area contributed by atoms with E-state index in [1.54, 1.807) is 42.0 Å². The molecule has 428 valence electrons. The Morgan fingerprint density at radius 2 is 1.56 bits per heavy atom. The first-order valence-corrected chi connectivity index (χ1v) is 29.9. The number of amides is 4. The minimum atomic E-state index is -4.30. The second kappa shape index (κ2) is 27.6. The van der Waals surface area contributed by atoms with Crippen LogP contribution in [0.15, 0.2) is 120 Å². The monoisotopic (exact) mass is 1160 g/mol. The Kier molecular flexibility index (Phi) is 20.0. The highest BCUT2D eigenvalue weighted by Crippen LogP contribution is 2.39. The van der Waals surface area contributed by atoms with Gasteiger partial charge in [-0.3, -0.25) is 38.8 Å². The average molecular weight is 1160 g/mol. The molecule has 9 rings (SSSR count). The molecule has 23 heteroatoms. The van der Waals surface area contributed by atoms with Crippen LogP contribution >= 0.6 is 22.9 Å². The number of piperazine rings is 1. The van der Waals surface area contributed by atoms with Crippen molar-refractivity contribution in [2.75, 3.05) is 108 Å². The lowest BCUT2D eigenvalue weighted by Crippen LogP contribution is -2.51. The summed E-state index contributed by atoms with van der Waals surface area (Å²) >= 11 is 7.68. The van der Waals surface area contributed by atoms with Crippen LogP contribution in [0.25, 0.3) is 11.3 Å². The topological polar surface area (TPSA) is 221 Å². The summed E-state index contributed by atoms with van der Waals surface area (Å²) in [5, 5.41) is 10.7. The largest absolute Gasteiger partial charge is 0.377 e. The molecule has 5 heterocycles. The molecule has 0 spiro atoms. The van der Waals surface area contributed by atoms with E-state index in [4.69, 9.17) is 26.1 Å². The fourth-order valence-corrected chi connectivity index (χ4v) is 12.8. The maximum Gasteiger partial charge on any atom is 0.266 e. The highest BCUT2D eigenvalue weighted by atomic mass is 35.5. The molecule has 1 aliphatic carbocycles. The van der Waals surface area contributed by atoms with E-state index < -0.39 is 26.7 Å². The predicted octanol–water partition coefficient (Wildman–Crippen LogP) is 7.59. The van der Waals surface area contributed by atoms with Gasteiger partial charge in [-0.2, -0.15) is 0 Å². The van der Waals surface area contributed by atoms with Crippen LogP contribution in [-0.2, 0) is 33.9 Å². The van der Waals surface area contributed by atoms with E-state index >= 15 is 4.39 Å². The number of sulfonamides is 1. The normalized spacial score (nSPS) is 18.6. The van der Waals surface area contributed by atoms with Gasteiger partial charge >= 0.3 is 0 Å². The molecule has 2 saturated heterocycles. The van der Waals surface area contributed by atoms with Crippen LogP contribution in [0, 0.1) is 17.7 Å². The third-order valence-corrected chi connectivity index (χ3v) is 17.6. The van der Waals surface area contributed by atoms with Crippen molar-refractivity contribution < 1.29 is 41.5 Å². The first kappa shape index (κ1) is 58.6. The lowest BCUT2D eigenvalue weighted by Gasteiger charge is -2.38. The summed E-state index contributed by atoms with van der Waals surface area (Å²) in [4.78, 5) is 72.3. The number of hydrogen-bond donors (Lipinski definition) is 4. The number of likely N-dealkylation sites (tertiary alicyclic amines) is 1. The summed E-state index contributed by atoms with van der Waals surface area (Å²) in [6, 6.07) is 24.9. The van der Waals surface area contributed by atoms with Crippen LogP contribution in [0.2, 0.25) is 5.02 Å². The molecule has 1 saturated carbocycles. The molecule has 0 bridgehead atoms. The molecule has 4 N–H and O–H groups in total. The van der Waals surface area contributed by atoms with Crippen molar-refractivity contribution in [1.29, 1.82) is 0 Å². The summed E-state index contributed by atoms with van der Waals surface area (Å²) in [5.41, 5.74) is 5.69. The number of thiazole rings is 1. The van der Waals surface area contributed by atoms with E-state index in [0.29, 0.717) is 76.3 Å². The van der Waals surface area contributed by atoms with Gasteiger partial charge in [0.2, 0.25) is 17.7 Å². The highest BCUT2D eigenvalue weighted by Gasteiger charge is 2.43. The number of carbonyl (C=O) groups excluding carboxylic acids is 4. The highest BCUT2D eigenvalue weighted by molar-refractivity contribution is 7.93. The number of pyridine rings is 2. The molecule has 0 radical (unpaired) electrons. The number of halogens is 2. The number of hydrogen-bond acceptors (Lipinski definition) is 15. The van der Waals surface area contributed by atoms with Gasteiger partial charge < -0.3 is 40.1 Å². The number of rotatable bonds is 24. The van der Waals surface area contributed by atoms with E-state index in [1.807, 2.05) is 78.7 Å². The lowest BCUT2D eigenvalue weighted by molar-refractivity contribution is -0.138. The van der Waals surface area contributed by atoms with Crippen molar-refractivity contribution >= 4 is 78.8 Å². The van der Waals surface area contributed by atoms with E-state index in [-0.39, 0.29) is 57.9 Å². The predicted molar refractivity (Wildman–Crippen MR) is 310 cm³/mol. The van der Waals surface area contributed by atoms with Gasteiger partial charge in [-0.15, -0.1) is 11.3 Å². The summed E-state index contributed by atoms with van der Waals surface area (Å²) in [6.07, 6.45) is 10.0. The molecule has 3 fully saturated rings. The van der Waals surface area contributed by atoms with Gasteiger partial charge in [-0.25, -0.2) is 17.8 Å². The fourth-order valence-electron chi connectivity index (χ4n) is 10.6. The molecule has 19 nitrogen and oxygen atoms in total. The Morgan fingerprint density at radius 1 is 0.827 bits per heavy atom. The Balaban J connectivity index is 0.665. The van der Waals surface area contributed by atoms with Crippen LogP contribution in [0.1, 0.15) is 65.5 Å². The Hall–Kier alpha value is -7.08. The molecule has 4 amide bonds. The van der Waals surface area contributed by atoms with E-state index in [2.05, 4.69) is 40.4 Å². The molecule has 3 aliphatic rings. The van der Waals surface area contributed by atoms with Crippen LogP contribution in [0.3, 0.4) is 0 Å². The van der Waals surface area contributed by atoms with Crippen molar-refractivity contribution in [2.24, 2.45) is 11.8 Å². The number of anilines is 4. The lowest BCUT2D eigenvalue weighted by atomic mass is 9.78. The molecule has 2 aliphatic heterocycles. The van der Waals surface area contributed by atoms with Crippen molar-refractivity contribution in [3.63, 3.8) is 0 Å². The van der Waals surface area contributed by atoms with E-state index in [0.717, 1.165) is 91.3 Å². The van der Waals surface area contributed by atoms with E-state index in [9.17, 15) is 27.6 Å². The third-order valence-electron chi connectivity index (χ3n) is 15.2. The summed E-state index contributed by atoms with van der Waals surface area (Å²) < 4.78 is 55.2. The maximum atomic E-state index is 15.5. The zero-order valence-corrected chi connectivity index (χ0v) is 47.7. The maximum absolute atomic E-state index is 15.5. The van der Waals surface area contributed by atoms with Crippen LogP contribution < -0.4 is 25.6 Å². The zero-order chi connectivity index (χ0) is 56.9. The SMILES string of the molecule is CN(CCN1CCN(C(=O)C2CCC(c3ccc(C(=O)NCCOCCOCCNC(=O)[C@H]4CC(=O)N(C)[C@@H]4c4cccnc4)cc3)CC2)CC1)c1cc(-c2ccccc2)ncc1Nc1cc(F)c(S(=O)(=O)Nc2nccs2)cc1Cl. The van der Waals surface area contributed by atoms with Crippen LogP contribution in [-0.4, -0.2) is 155 Å². The van der Waals surface area contributed by atoms with Crippen molar-refractivity contribution in [3.05, 3.63) is 143 Å². The summed E-state index contributed by atoms with van der Waals surface area (Å²) in [7, 11) is -0.630. The summed E-state index contributed by atoms with van der Waals surface area (Å²) in [5.74, 6) is -1.44. The van der Waals surface area contributed by atoms with Gasteiger partial charge in [-0.05, 0) is 73.1 Å². The summed E-state index contributed by atoms with van der Waals surface area (Å²) in [6.45, 7) is 6.01. The van der Waals surface area contributed by atoms with Gasteiger partial charge in [0.05, 0.1) is 72.4 Å². The Bertz CT molecular complexity index is 3210. The van der Waals surface area contributed by atoms with Gasteiger partial charge in [-0.1, -0.05) is 60.1 Å². The first-order chi connectivity index (χ1) is 39.2. The number of likely N-dealkylation sites (N-methyl/N-ethyl adjacent to an activating group) is 1. The molecule has 3 aromatic carbocycles. The Labute approximate surface area is 480 Å². The van der Waals surface area contributed by atoms with Gasteiger partial charge in [0.1, 0.15) is 10.7 Å². The molecule has 6 aromatic rings. The quantitative estimate of drug-likeness (QED) is 0.0429. The number of nitrogens with zero attached hydrogens (tertiary/aromatic N) is 7. The van der Waals surface area contributed by atoms with Gasteiger partial charge in [0.25, 0.3) is 15.9 Å². The molecular formula is C58H67ClFN11O8S2. The number of ether oxygens (including phenoxy) is 2. The van der Waals surface area contributed by atoms with Crippen LogP contribution in [0.4, 0.5) is 26.6 Å². The molecule has 3 aromatic heterocycles. The molecule has 0 unspecified atom stereocenters. The van der Waals surface area contributed by atoms with Crippen molar-refractivity contribution in [1.82, 2.24) is 40.3 Å². The van der Waals surface area contributed by atoms with Gasteiger partial charge in [0.15, 0.2) is 5.13 Å². The standard InChI is InChI=1S/C58H67ClFN11O8S2/c1-68(51-36-48(41-7-4-3-5-8-41)65-38-50(51)66-49-35-47(60)52(34-46(49)59)81(76,77)67-58-64-21-32-80-58)22-23-70-24-26-71(27-25-70)57(75)43-16-12-40(13-17-43)39-10-14-42(15-11-39)55(73)62-19-28-78-30-31-79-29-20-63-56(74)45-33-53(72)69(2)54(45)44-9-6-18-61-37-44/h3-11,14-15,18,21,32,34-38,40,43,45,54,66H,12-13,16-17,19-20,22-31,33H2,1-2H3,(H,62,73)(H,63,74)(H,64,67)/t40?,43?,45-,54+/m0/s1. The Morgan fingerprint density at radius 3 is 2.25 bits per heavy atom. The number of benzene rings is 3. The first-order valence-electron chi connectivity index (χ1n) is 27.2.